The van der Waals surface area contributed by atoms with Crippen LogP contribution in [0.25, 0.3) is 0 Å². The van der Waals surface area contributed by atoms with Crippen molar-refractivity contribution < 1.29 is 4.79 Å². The molecule has 18 heavy (non-hydrogen) atoms. The van der Waals surface area contributed by atoms with Gasteiger partial charge >= 0.3 is 0 Å². The average molecular weight is 247 g/mol. The summed E-state index contributed by atoms with van der Waals surface area (Å²) in [6.07, 6.45) is 0.974. The van der Waals surface area contributed by atoms with Crippen molar-refractivity contribution in [1.29, 1.82) is 0 Å². The first-order valence-corrected chi connectivity index (χ1v) is 6.50. The van der Waals surface area contributed by atoms with Crippen molar-refractivity contribution in [2.75, 3.05) is 19.6 Å². The average Bonchev–Trinajstić information content (AvgIpc) is 2.55. The lowest BCUT2D eigenvalue weighted by Crippen LogP contribution is -2.42. The van der Waals surface area contributed by atoms with Crippen LogP contribution in [0.15, 0.2) is 30.3 Å². The number of hydrogen-bond acceptors (Lipinski definition) is 3. The summed E-state index contributed by atoms with van der Waals surface area (Å²) < 4.78 is 0. The highest BCUT2D eigenvalue weighted by molar-refractivity contribution is 5.78. The monoisotopic (exact) mass is 247 g/mol. The topological polar surface area (TPSA) is 58.4 Å². The van der Waals surface area contributed by atoms with E-state index in [1.807, 2.05) is 25.1 Å². The minimum absolute atomic E-state index is 0.00157. The highest BCUT2D eigenvalue weighted by atomic mass is 16.2. The normalized spacial score (nSPS) is 20.9. The molecule has 1 aliphatic heterocycles. The van der Waals surface area contributed by atoms with Crippen molar-refractivity contribution in [3.63, 3.8) is 0 Å². The lowest BCUT2D eigenvalue weighted by atomic mass is 9.99. The molecule has 98 valence electrons. The Morgan fingerprint density at radius 2 is 2.06 bits per heavy atom. The van der Waals surface area contributed by atoms with Gasteiger partial charge in [0.1, 0.15) is 0 Å². The van der Waals surface area contributed by atoms with Crippen LogP contribution in [0.4, 0.5) is 0 Å². The first-order chi connectivity index (χ1) is 8.68. The number of nitrogens with two attached hydrogens (primary N) is 1. The molecule has 4 nitrogen and oxygen atoms in total. The van der Waals surface area contributed by atoms with Crippen molar-refractivity contribution in [2.24, 2.45) is 5.73 Å². The number of hydrogen-bond donors (Lipinski definition) is 2. The number of amides is 1. The van der Waals surface area contributed by atoms with E-state index < -0.39 is 0 Å². The van der Waals surface area contributed by atoms with Crippen LogP contribution in [0, 0.1) is 0 Å². The van der Waals surface area contributed by atoms with Gasteiger partial charge in [-0.25, -0.2) is 0 Å². The Kier molecular flexibility index (Phi) is 4.33. The van der Waals surface area contributed by atoms with Gasteiger partial charge < -0.3 is 11.1 Å². The molecule has 2 unspecified atom stereocenters. The van der Waals surface area contributed by atoms with Gasteiger partial charge in [0.2, 0.25) is 5.91 Å². The number of carbonyl (C=O) groups is 1. The standard InChI is InChI=1S/C14H21N3O/c1-11(15)14(12-6-3-2-4-7-12)17-9-5-8-16-13(18)10-17/h2-4,6-7,11,14H,5,8-10,15H2,1H3,(H,16,18). The molecule has 1 fully saturated rings. The lowest BCUT2D eigenvalue weighted by molar-refractivity contribution is -0.122. The second-order valence-corrected chi connectivity index (χ2v) is 4.89. The fourth-order valence-electron chi connectivity index (χ4n) is 2.56. The van der Waals surface area contributed by atoms with E-state index in [0.29, 0.717) is 6.54 Å². The van der Waals surface area contributed by atoms with Gasteiger partial charge in [0.05, 0.1) is 12.6 Å². The molecule has 1 aromatic rings. The first-order valence-electron chi connectivity index (χ1n) is 6.50. The maximum atomic E-state index is 11.7. The Morgan fingerprint density at radius 1 is 1.33 bits per heavy atom. The summed E-state index contributed by atoms with van der Waals surface area (Å²) in [7, 11) is 0. The van der Waals surface area contributed by atoms with E-state index in [2.05, 4.69) is 22.3 Å². The van der Waals surface area contributed by atoms with Crippen molar-refractivity contribution in [3.8, 4) is 0 Å². The third-order valence-corrected chi connectivity index (χ3v) is 3.32. The quantitative estimate of drug-likeness (QED) is 0.834. The lowest BCUT2D eigenvalue weighted by Gasteiger charge is -2.32. The molecule has 2 rings (SSSR count). The van der Waals surface area contributed by atoms with Gasteiger partial charge in [-0.2, -0.15) is 0 Å². The van der Waals surface area contributed by atoms with Crippen LogP contribution in [-0.4, -0.2) is 36.5 Å². The van der Waals surface area contributed by atoms with E-state index >= 15 is 0 Å². The SMILES string of the molecule is CC(N)C(c1ccccc1)N1CCCNC(=O)C1. The minimum Gasteiger partial charge on any atom is -0.355 e. The third kappa shape index (κ3) is 3.09. The molecule has 1 aromatic carbocycles. The van der Waals surface area contributed by atoms with Crippen LogP contribution in [0.2, 0.25) is 0 Å². The summed E-state index contributed by atoms with van der Waals surface area (Å²) in [6.45, 7) is 4.09. The fraction of sp³-hybridized carbons (Fsp3) is 0.500. The number of rotatable bonds is 3. The van der Waals surface area contributed by atoms with Crippen LogP contribution < -0.4 is 11.1 Å². The summed E-state index contributed by atoms with van der Waals surface area (Å²) >= 11 is 0. The zero-order chi connectivity index (χ0) is 13.0. The predicted molar refractivity (Wildman–Crippen MR) is 72.0 cm³/mol. The second kappa shape index (κ2) is 5.98. The highest BCUT2D eigenvalue weighted by Crippen LogP contribution is 2.23. The maximum Gasteiger partial charge on any atom is 0.234 e. The van der Waals surface area contributed by atoms with E-state index in [9.17, 15) is 4.79 Å². The van der Waals surface area contributed by atoms with Gasteiger partial charge in [-0.3, -0.25) is 9.69 Å². The van der Waals surface area contributed by atoms with Gasteiger partial charge in [0.25, 0.3) is 0 Å². The van der Waals surface area contributed by atoms with Crippen molar-refractivity contribution in [2.45, 2.75) is 25.4 Å². The molecule has 1 saturated heterocycles. The molecule has 1 amide bonds. The Labute approximate surface area is 108 Å². The highest BCUT2D eigenvalue weighted by Gasteiger charge is 2.26. The van der Waals surface area contributed by atoms with Crippen LogP contribution >= 0.6 is 0 Å². The largest absolute Gasteiger partial charge is 0.355 e. The third-order valence-electron chi connectivity index (χ3n) is 3.32. The number of nitrogens with one attached hydrogen (secondary N) is 1. The maximum absolute atomic E-state index is 11.7. The van der Waals surface area contributed by atoms with Gasteiger partial charge in [-0.1, -0.05) is 30.3 Å². The first kappa shape index (κ1) is 13.1. The summed E-state index contributed by atoms with van der Waals surface area (Å²) in [4.78, 5) is 13.8. The molecular weight excluding hydrogens is 226 g/mol. The summed E-state index contributed by atoms with van der Waals surface area (Å²) in [6, 6.07) is 10.3. The molecular formula is C14H21N3O. The van der Waals surface area contributed by atoms with E-state index in [-0.39, 0.29) is 18.0 Å². The number of nitrogens with zero attached hydrogens (tertiary/aromatic N) is 1. The van der Waals surface area contributed by atoms with Gasteiger partial charge in [0.15, 0.2) is 0 Å². The minimum atomic E-state index is -0.00157. The van der Waals surface area contributed by atoms with E-state index in [4.69, 9.17) is 5.73 Å². The van der Waals surface area contributed by atoms with E-state index in [1.54, 1.807) is 0 Å². The number of benzene rings is 1. The molecule has 3 N–H and O–H groups in total. The molecule has 1 aliphatic rings. The number of carbonyl (C=O) groups excluding carboxylic acids is 1. The van der Waals surface area contributed by atoms with Gasteiger partial charge in [-0.05, 0) is 18.9 Å². The zero-order valence-electron chi connectivity index (χ0n) is 10.8. The molecule has 4 heteroatoms. The molecule has 0 bridgehead atoms. The van der Waals surface area contributed by atoms with Crippen molar-refractivity contribution in [3.05, 3.63) is 35.9 Å². The van der Waals surface area contributed by atoms with Gasteiger partial charge in [0, 0.05) is 19.1 Å². The molecule has 0 aliphatic carbocycles. The summed E-state index contributed by atoms with van der Waals surface area (Å²) in [5.41, 5.74) is 7.31. The van der Waals surface area contributed by atoms with Crippen LogP contribution in [0.5, 0.6) is 0 Å². The Hall–Kier alpha value is -1.39. The van der Waals surface area contributed by atoms with Gasteiger partial charge in [-0.15, -0.1) is 0 Å². The van der Waals surface area contributed by atoms with Crippen molar-refractivity contribution >= 4 is 5.91 Å². The molecule has 0 aromatic heterocycles. The predicted octanol–water partition coefficient (Wildman–Crippen LogP) is 0.897. The van der Waals surface area contributed by atoms with Crippen LogP contribution in [0.3, 0.4) is 0 Å². The Morgan fingerprint density at radius 3 is 2.72 bits per heavy atom. The van der Waals surface area contributed by atoms with Crippen molar-refractivity contribution in [1.82, 2.24) is 10.2 Å². The molecule has 2 atom stereocenters. The molecule has 0 spiro atoms. The molecule has 1 heterocycles. The van der Waals surface area contributed by atoms with E-state index in [0.717, 1.165) is 19.5 Å². The Bertz CT molecular complexity index is 391. The van der Waals surface area contributed by atoms with E-state index in [1.165, 1.54) is 5.56 Å². The van der Waals surface area contributed by atoms with Crippen LogP contribution in [0.1, 0.15) is 24.9 Å². The Balaban J connectivity index is 2.21. The molecule has 0 saturated carbocycles. The summed E-state index contributed by atoms with van der Waals surface area (Å²) in [5, 5.41) is 2.90. The molecule has 0 radical (unpaired) electrons. The zero-order valence-corrected chi connectivity index (χ0v) is 10.8. The second-order valence-electron chi connectivity index (χ2n) is 4.89. The smallest absolute Gasteiger partial charge is 0.234 e. The van der Waals surface area contributed by atoms with Crippen LogP contribution in [-0.2, 0) is 4.79 Å². The summed E-state index contributed by atoms with van der Waals surface area (Å²) in [5.74, 6) is 0.0917. The fourth-order valence-corrected chi connectivity index (χ4v) is 2.56.